The Morgan fingerprint density at radius 2 is 2.21 bits per heavy atom. The van der Waals surface area contributed by atoms with Crippen molar-refractivity contribution in [2.75, 3.05) is 6.61 Å². The zero-order valence-electron chi connectivity index (χ0n) is 8.54. The van der Waals surface area contributed by atoms with E-state index in [-0.39, 0.29) is 0 Å². The Bertz CT molecular complexity index is 429. The Hall–Kier alpha value is -1.28. The van der Waals surface area contributed by atoms with Crippen LogP contribution in [0.25, 0.3) is 11.0 Å². The maximum Gasteiger partial charge on any atom is 0.137 e. The third kappa shape index (κ3) is 1.53. The molecule has 0 N–H and O–H groups in total. The normalized spacial score (nSPS) is 11.0. The average molecular weight is 190 g/mol. The van der Waals surface area contributed by atoms with E-state index in [1.807, 2.05) is 13.0 Å². The molecule has 0 aliphatic carbocycles. The fourth-order valence-electron chi connectivity index (χ4n) is 1.58. The standard InChI is InChI=1S/C12H14O2/c1-3-13-7-10-8-14-12-9(2)5-4-6-11(10)12/h4-6,8H,3,7H2,1-2H3. The average Bonchev–Trinajstić information content (AvgIpc) is 2.60. The first-order chi connectivity index (χ1) is 6.83. The predicted octanol–water partition coefficient (Wildman–Crippen LogP) is 3.28. The van der Waals surface area contributed by atoms with Crippen molar-refractivity contribution in [3.8, 4) is 0 Å². The molecule has 0 spiro atoms. The van der Waals surface area contributed by atoms with Gasteiger partial charge in [-0.25, -0.2) is 0 Å². The molecule has 0 aliphatic heterocycles. The first kappa shape index (κ1) is 9.28. The van der Waals surface area contributed by atoms with Crippen LogP contribution in [0.2, 0.25) is 0 Å². The van der Waals surface area contributed by atoms with Gasteiger partial charge >= 0.3 is 0 Å². The Kier molecular flexibility index (Phi) is 2.55. The van der Waals surface area contributed by atoms with Crippen LogP contribution in [0.15, 0.2) is 28.9 Å². The summed E-state index contributed by atoms with van der Waals surface area (Å²) in [6.45, 7) is 5.41. The third-order valence-electron chi connectivity index (χ3n) is 2.34. The van der Waals surface area contributed by atoms with Crippen molar-refractivity contribution >= 4 is 11.0 Å². The molecule has 14 heavy (non-hydrogen) atoms. The SMILES string of the molecule is CCOCc1coc2c(C)cccc12. The number of para-hydroxylation sites is 1. The van der Waals surface area contributed by atoms with Gasteiger partial charge in [-0.3, -0.25) is 0 Å². The van der Waals surface area contributed by atoms with Crippen molar-refractivity contribution in [1.82, 2.24) is 0 Å². The van der Waals surface area contributed by atoms with Gasteiger partial charge in [-0.15, -0.1) is 0 Å². The molecule has 0 unspecified atom stereocenters. The van der Waals surface area contributed by atoms with Crippen LogP contribution >= 0.6 is 0 Å². The van der Waals surface area contributed by atoms with Gasteiger partial charge in [-0.2, -0.15) is 0 Å². The van der Waals surface area contributed by atoms with Gasteiger partial charge in [-0.1, -0.05) is 18.2 Å². The van der Waals surface area contributed by atoms with Gasteiger partial charge in [0.05, 0.1) is 12.9 Å². The van der Waals surface area contributed by atoms with Crippen LogP contribution in [0.5, 0.6) is 0 Å². The van der Waals surface area contributed by atoms with Crippen LogP contribution in [0.1, 0.15) is 18.1 Å². The Morgan fingerprint density at radius 1 is 1.36 bits per heavy atom. The predicted molar refractivity (Wildman–Crippen MR) is 56.3 cm³/mol. The lowest BCUT2D eigenvalue weighted by Crippen LogP contribution is -1.89. The second kappa shape index (κ2) is 3.84. The van der Waals surface area contributed by atoms with Crippen molar-refractivity contribution in [3.05, 3.63) is 35.6 Å². The number of ether oxygens (including phenoxy) is 1. The molecule has 1 aromatic heterocycles. The van der Waals surface area contributed by atoms with Crippen LogP contribution in [0, 0.1) is 6.92 Å². The van der Waals surface area contributed by atoms with Crippen molar-refractivity contribution in [2.45, 2.75) is 20.5 Å². The van der Waals surface area contributed by atoms with E-state index in [1.54, 1.807) is 6.26 Å². The van der Waals surface area contributed by atoms with E-state index in [2.05, 4.69) is 19.1 Å². The monoisotopic (exact) mass is 190 g/mol. The molecule has 0 atom stereocenters. The smallest absolute Gasteiger partial charge is 0.137 e. The van der Waals surface area contributed by atoms with Gasteiger partial charge in [0.2, 0.25) is 0 Å². The highest BCUT2D eigenvalue weighted by atomic mass is 16.5. The van der Waals surface area contributed by atoms with E-state index in [4.69, 9.17) is 9.15 Å². The van der Waals surface area contributed by atoms with Crippen molar-refractivity contribution < 1.29 is 9.15 Å². The molecule has 74 valence electrons. The van der Waals surface area contributed by atoms with Gasteiger partial charge < -0.3 is 9.15 Å². The summed E-state index contributed by atoms with van der Waals surface area (Å²) >= 11 is 0. The first-order valence-corrected chi connectivity index (χ1v) is 4.86. The van der Waals surface area contributed by atoms with Crippen LogP contribution < -0.4 is 0 Å². The maximum absolute atomic E-state index is 5.50. The van der Waals surface area contributed by atoms with Gasteiger partial charge in [0.15, 0.2) is 0 Å². The first-order valence-electron chi connectivity index (χ1n) is 4.86. The molecular formula is C12H14O2. The van der Waals surface area contributed by atoms with Gasteiger partial charge in [-0.05, 0) is 19.4 Å². The summed E-state index contributed by atoms with van der Waals surface area (Å²) in [6.07, 6.45) is 1.79. The number of hydrogen-bond acceptors (Lipinski definition) is 2. The Balaban J connectivity index is 2.42. The molecule has 0 saturated carbocycles. The summed E-state index contributed by atoms with van der Waals surface area (Å²) in [5, 5.41) is 1.17. The molecule has 2 rings (SSSR count). The zero-order chi connectivity index (χ0) is 9.97. The van der Waals surface area contributed by atoms with Crippen LogP contribution in [0.4, 0.5) is 0 Å². The van der Waals surface area contributed by atoms with Crippen molar-refractivity contribution in [3.63, 3.8) is 0 Å². The largest absolute Gasteiger partial charge is 0.464 e. The van der Waals surface area contributed by atoms with Gasteiger partial charge in [0.25, 0.3) is 0 Å². The molecule has 0 fully saturated rings. The topological polar surface area (TPSA) is 22.4 Å². The van der Waals surface area contributed by atoms with E-state index in [0.717, 1.165) is 17.8 Å². The number of furan rings is 1. The molecule has 0 amide bonds. The second-order valence-corrected chi connectivity index (χ2v) is 3.35. The number of rotatable bonds is 3. The molecule has 0 aliphatic rings. The maximum atomic E-state index is 5.50. The summed E-state index contributed by atoms with van der Waals surface area (Å²) in [4.78, 5) is 0. The molecular weight excluding hydrogens is 176 g/mol. The molecule has 0 bridgehead atoms. The van der Waals surface area contributed by atoms with Crippen LogP contribution in [-0.4, -0.2) is 6.61 Å². The number of hydrogen-bond donors (Lipinski definition) is 0. The Morgan fingerprint density at radius 3 is 3.00 bits per heavy atom. The van der Waals surface area contributed by atoms with Gasteiger partial charge in [0.1, 0.15) is 5.58 Å². The number of benzene rings is 1. The Labute approximate surface area is 83.5 Å². The summed E-state index contributed by atoms with van der Waals surface area (Å²) < 4.78 is 10.9. The molecule has 2 aromatic rings. The highest BCUT2D eigenvalue weighted by Gasteiger charge is 2.06. The molecule has 2 nitrogen and oxygen atoms in total. The van der Waals surface area contributed by atoms with Gasteiger partial charge in [0, 0.05) is 17.6 Å². The third-order valence-corrected chi connectivity index (χ3v) is 2.34. The lowest BCUT2D eigenvalue weighted by molar-refractivity contribution is 0.134. The number of aryl methyl sites for hydroxylation is 1. The number of fused-ring (bicyclic) bond motifs is 1. The van der Waals surface area contributed by atoms with Crippen LogP contribution in [0.3, 0.4) is 0 Å². The fraction of sp³-hybridized carbons (Fsp3) is 0.333. The lowest BCUT2D eigenvalue weighted by Gasteiger charge is -1.98. The summed E-state index contributed by atoms with van der Waals surface area (Å²) in [6, 6.07) is 6.17. The minimum atomic E-state index is 0.632. The quantitative estimate of drug-likeness (QED) is 0.741. The molecule has 0 radical (unpaired) electrons. The molecule has 2 heteroatoms. The molecule has 0 saturated heterocycles. The highest BCUT2D eigenvalue weighted by molar-refractivity contribution is 5.83. The van der Waals surface area contributed by atoms with E-state index >= 15 is 0 Å². The summed E-state index contributed by atoms with van der Waals surface area (Å²) in [7, 11) is 0. The molecule has 1 heterocycles. The van der Waals surface area contributed by atoms with Crippen molar-refractivity contribution in [1.29, 1.82) is 0 Å². The van der Waals surface area contributed by atoms with E-state index in [0.29, 0.717) is 6.61 Å². The summed E-state index contributed by atoms with van der Waals surface area (Å²) in [5.41, 5.74) is 3.28. The minimum Gasteiger partial charge on any atom is -0.464 e. The van der Waals surface area contributed by atoms with Crippen LogP contribution in [-0.2, 0) is 11.3 Å². The molecule has 1 aromatic carbocycles. The van der Waals surface area contributed by atoms with E-state index in [9.17, 15) is 0 Å². The second-order valence-electron chi connectivity index (χ2n) is 3.35. The van der Waals surface area contributed by atoms with E-state index in [1.165, 1.54) is 10.9 Å². The minimum absolute atomic E-state index is 0.632. The lowest BCUT2D eigenvalue weighted by atomic mass is 10.1. The van der Waals surface area contributed by atoms with Crippen molar-refractivity contribution in [2.24, 2.45) is 0 Å². The zero-order valence-corrected chi connectivity index (χ0v) is 8.54. The summed E-state index contributed by atoms with van der Waals surface area (Å²) in [5.74, 6) is 0. The van der Waals surface area contributed by atoms with E-state index < -0.39 is 0 Å². The fourth-order valence-corrected chi connectivity index (χ4v) is 1.58. The highest BCUT2D eigenvalue weighted by Crippen LogP contribution is 2.24.